The molecule has 0 radical (unpaired) electrons. The Kier molecular flexibility index (Phi) is 2.10. The first-order valence-corrected chi connectivity index (χ1v) is 6.77. The first kappa shape index (κ1) is 10.8. The number of nitrogens with zero attached hydrogens (tertiary/aromatic N) is 1. The van der Waals surface area contributed by atoms with Crippen LogP contribution in [0.1, 0.15) is 27.9 Å². The highest BCUT2D eigenvalue weighted by molar-refractivity contribution is 6.10. The third-order valence-electron chi connectivity index (χ3n) is 4.40. The Balaban J connectivity index is 2.21. The van der Waals surface area contributed by atoms with Gasteiger partial charge in [-0.3, -0.25) is 4.79 Å². The summed E-state index contributed by atoms with van der Waals surface area (Å²) in [5.41, 5.74) is 6.25. The molecule has 19 heavy (non-hydrogen) atoms. The van der Waals surface area contributed by atoms with Gasteiger partial charge in [-0.2, -0.15) is 0 Å². The van der Waals surface area contributed by atoms with Gasteiger partial charge in [0, 0.05) is 28.9 Å². The van der Waals surface area contributed by atoms with Gasteiger partial charge in [0.05, 0.1) is 5.52 Å². The van der Waals surface area contributed by atoms with E-state index >= 15 is 0 Å². The lowest BCUT2D eigenvalue weighted by Gasteiger charge is -2.04. The van der Waals surface area contributed by atoms with E-state index < -0.39 is 0 Å². The molecule has 1 aliphatic rings. The summed E-state index contributed by atoms with van der Waals surface area (Å²) >= 11 is 0. The molecule has 0 atom stereocenters. The summed E-state index contributed by atoms with van der Waals surface area (Å²) in [6, 6.07) is 10.5. The van der Waals surface area contributed by atoms with Crippen LogP contribution in [0.2, 0.25) is 0 Å². The zero-order valence-corrected chi connectivity index (χ0v) is 10.9. The van der Waals surface area contributed by atoms with Crippen LogP contribution in [0.5, 0.6) is 0 Å². The Morgan fingerprint density at radius 3 is 2.79 bits per heavy atom. The SMILES string of the molecule is Cn1c2cc(C=O)ccc2c2ccc3c(c21)CCC3. The molecule has 0 N–H and O–H groups in total. The molecule has 1 heterocycles. The van der Waals surface area contributed by atoms with Gasteiger partial charge in [0.1, 0.15) is 6.29 Å². The molecular formula is C17H15NO. The predicted molar refractivity (Wildman–Crippen MR) is 77.8 cm³/mol. The summed E-state index contributed by atoms with van der Waals surface area (Å²) in [5.74, 6) is 0. The summed E-state index contributed by atoms with van der Waals surface area (Å²) in [7, 11) is 2.11. The summed E-state index contributed by atoms with van der Waals surface area (Å²) in [6.07, 6.45) is 4.56. The van der Waals surface area contributed by atoms with Gasteiger partial charge in [-0.1, -0.05) is 24.3 Å². The maximum atomic E-state index is 11.0. The van der Waals surface area contributed by atoms with Gasteiger partial charge < -0.3 is 4.57 Å². The average molecular weight is 249 g/mol. The van der Waals surface area contributed by atoms with Crippen molar-refractivity contribution in [2.24, 2.45) is 7.05 Å². The summed E-state index contributed by atoms with van der Waals surface area (Å²) in [5, 5.41) is 2.56. The van der Waals surface area contributed by atoms with Crippen molar-refractivity contribution in [1.29, 1.82) is 0 Å². The molecule has 1 aromatic heterocycles. The summed E-state index contributed by atoms with van der Waals surface area (Å²) in [4.78, 5) is 11.0. The van der Waals surface area contributed by atoms with E-state index in [9.17, 15) is 4.79 Å². The number of hydrogen-bond acceptors (Lipinski definition) is 1. The minimum atomic E-state index is 0.745. The molecule has 0 saturated heterocycles. The van der Waals surface area contributed by atoms with Crippen molar-refractivity contribution in [3.63, 3.8) is 0 Å². The highest BCUT2D eigenvalue weighted by Crippen LogP contribution is 2.35. The molecule has 2 nitrogen and oxygen atoms in total. The molecule has 3 aromatic rings. The van der Waals surface area contributed by atoms with Crippen molar-refractivity contribution in [2.75, 3.05) is 0 Å². The van der Waals surface area contributed by atoms with Crippen molar-refractivity contribution in [3.05, 3.63) is 47.0 Å². The molecular weight excluding hydrogens is 234 g/mol. The Labute approximate surface area is 111 Å². The zero-order chi connectivity index (χ0) is 13.0. The lowest BCUT2D eigenvalue weighted by atomic mass is 10.0. The van der Waals surface area contributed by atoms with Crippen LogP contribution in [0.3, 0.4) is 0 Å². The van der Waals surface area contributed by atoms with Gasteiger partial charge in [-0.15, -0.1) is 0 Å². The minimum absolute atomic E-state index is 0.745. The largest absolute Gasteiger partial charge is 0.343 e. The Hall–Kier alpha value is -2.09. The molecule has 4 rings (SSSR count). The van der Waals surface area contributed by atoms with Crippen molar-refractivity contribution >= 4 is 28.1 Å². The first-order chi connectivity index (χ1) is 9.29. The summed E-state index contributed by atoms with van der Waals surface area (Å²) < 4.78 is 2.25. The van der Waals surface area contributed by atoms with Gasteiger partial charge >= 0.3 is 0 Å². The Morgan fingerprint density at radius 1 is 1.11 bits per heavy atom. The molecule has 0 bridgehead atoms. The third kappa shape index (κ3) is 1.34. The quantitative estimate of drug-likeness (QED) is 0.604. The van der Waals surface area contributed by atoms with Crippen LogP contribution in [0.15, 0.2) is 30.3 Å². The predicted octanol–water partition coefficient (Wildman–Crippen LogP) is 3.63. The average Bonchev–Trinajstić information content (AvgIpc) is 3.02. The molecule has 0 saturated carbocycles. The molecule has 0 unspecified atom stereocenters. The van der Waals surface area contributed by atoms with Crippen LogP contribution in [0.4, 0.5) is 0 Å². The van der Waals surface area contributed by atoms with E-state index in [2.05, 4.69) is 29.8 Å². The number of aldehydes is 1. The third-order valence-corrected chi connectivity index (χ3v) is 4.40. The number of hydrogen-bond donors (Lipinski definition) is 0. The lowest BCUT2D eigenvalue weighted by molar-refractivity contribution is 0.112. The standard InChI is InChI=1S/C17H15NO/c1-18-16-9-11(10-19)5-7-14(16)15-8-6-12-3-2-4-13(12)17(15)18/h5-10H,2-4H2,1H3. The molecule has 0 fully saturated rings. The topological polar surface area (TPSA) is 22.0 Å². The summed E-state index contributed by atoms with van der Waals surface area (Å²) in [6.45, 7) is 0. The number of carbonyl (C=O) groups excluding carboxylic acids is 1. The van der Waals surface area contributed by atoms with Crippen molar-refractivity contribution in [2.45, 2.75) is 19.3 Å². The molecule has 2 aromatic carbocycles. The second kappa shape index (κ2) is 3.70. The van der Waals surface area contributed by atoms with E-state index in [1.807, 2.05) is 12.1 Å². The van der Waals surface area contributed by atoms with Gasteiger partial charge in [0.15, 0.2) is 0 Å². The second-order valence-corrected chi connectivity index (χ2v) is 5.41. The number of rotatable bonds is 1. The van der Waals surface area contributed by atoms with E-state index in [1.54, 1.807) is 0 Å². The van der Waals surface area contributed by atoms with Crippen LogP contribution in [-0.4, -0.2) is 10.9 Å². The van der Waals surface area contributed by atoms with Gasteiger partial charge in [0.25, 0.3) is 0 Å². The Morgan fingerprint density at radius 2 is 1.95 bits per heavy atom. The van der Waals surface area contributed by atoms with Crippen LogP contribution in [0, 0.1) is 0 Å². The van der Waals surface area contributed by atoms with Gasteiger partial charge in [-0.25, -0.2) is 0 Å². The zero-order valence-electron chi connectivity index (χ0n) is 10.9. The number of carbonyl (C=O) groups is 1. The fourth-order valence-corrected chi connectivity index (χ4v) is 3.50. The number of aryl methyl sites for hydroxylation is 3. The van der Waals surface area contributed by atoms with Crippen LogP contribution in [-0.2, 0) is 19.9 Å². The number of benzene rings is 2. The molecule has 0 amide bonds. The van der Waals surface area contributed by atoms with E-state index in [0.29, 0.717) is 0 Å². The van der Waals surface area contributed by atoms with Crippen LogP contribution >= 0.6 is 0 Å². The smallest absolute Gasteiger partial charge is 0.150 e. The molecule has 0 spiro atoms. The fourth-order valence-electron chi connectivity index (χ4n) is 3.50. The highest BCUT2D eigenvalue weighted by Gasteiger charge is 2.18. The molecule has 0 aliphatic heterocycles. The van der Waals surface area contributed by atoms with E-state index in [0.717, 1.165) is 17.4 Å². The van der Waals surface area contributed by atoms with Crippen molar-refractivity contribution in [3.8, 4) is 0 Å². The maximum absolute atomic E-state index is 11.0. The second-order valence-electron chi connectivity index (χ2n) is 5.41. The van der Waals surface area contributed by atoms with E-state index in [4.69, 9.17) is 0 Å². The Bertz CT molecular complexity index is 826. The maximum Gasteiger partial charge on any atom is 0.150 e. The van der Waals surface area contributed by atoms with E-state index in [1.165, 1.54) is 46.7 Å². The number of fused-ring (bicyclic) bond motifs is 5. The molecule has 94 valence electrons. The fraction of sp³-hybridized carbons (Fsp3) is 0.235. The number of aromatic nitrogens is 1. The van der Waals surface area contributed by atoms with Crippen molar-refractivity contribution < 1.29 is 4.79 Å². The first-order valence-electron chi connectivity index (χ1n) is 6.77. The van der Waals surface area contributed by atoms with Crippen LogP contribution in [0.25, 0.3) is 21.8 Å². The minimum Gasteiger partial charge on any atom is -0.343 e. The lowest BCUT2D eigenvalue weighted by Crippen LogP contribution is -1.92. The highest BCUT2D eigenvalue weighted by atomic mass is 16.1. The molecule has 1 aliphatic carbocycles. The van der Waals surface area contributed by atoms with Gasteiger partial charge in [-0.05, 0) is 36.5 Å². The van der Waals surface area contributed by atoms with E-state index in [-0.39, 0.29) is 0 Å². The normalized spacial score (nSPS) is 14.2. The van der Waals surface area contributed by atoms with Crippen LogP contribution < -0.4 is 0 Å². The monoisotopic (exact) mass is 249 g/mol. The van der Waals surface area contributed by atoms with Gasteiger partial charge in [0.2, 0.25) is 0 Å². The van der Waals surface area contributed by atoms with Crippen molar-refractivity contribution in [1.82, 2.24) is 4.57 Å². The molecule has 2 heteroatoms.